The summed E-state index contributed by atoms with van der Waals surface area (Å²) in [5.41, 5.74) is 1.81. The Labute approximate surface area is 74.3 Å². The molecule has 2 rings (SSSR count). The fourth-order valence-electron chi connectivity index (χ4n) is 1.41. The highest BCUT2D eigenvalue weighted by Gasteiger charge is 2.13. The molecular formula is C8H10N2OS. The lowest BCUT2D eigenvalue weighted by atomic mass is 10.2. The molecule has 1 unspecified atom stereocenters. The van der Waals surface area contributed by atoms with Gasteiger partial charge in [0.05, 0.1) is 17.5 Å². The predicted molar refractivity (Wildman–Crippen MR) is 48.4 cm³/mol. The first-order chi connectivity index (χ1) is 5.70. The van der Waals surface area contributed by atoms with Crippen LogP contribution in [0.25, 0.3) is 4.96 Å². The van der Waals surface area contributed by atoms with E-state index in [2.05, 4.69) is 4.98 Å². The highest BCUT2D eigenvalue weighted by Crippen LogP contribution is 2.21. The largest absolute Gasteiger partial charge is 0.387 e. The molecule has 0 bridgehead atoms. The number of fused-ring (bicyclic) bond motifs is 1. The first-order valence-corrected chi connectivity index (χ1v) is 4.68. The van der Waals surface area contributed by atoms with Crippen LogP contribution in [0.3, 0.4) is 0 Å². The number of aryl methyl sites for hydroxylation is 1. The smallest absolute Gasteiger partial charge is 0.194 e. The van der Waals surface area contributed by atoms with E-state index in [0.717, 1.165) is 16.3 Å². The maximum absolute atomic E-state index is 9.45. The van der Waals surface area contributed by atoms with Crippen molar-refractivity contribution < 1.29 is 5.11 Å². The molecule has 1 N–H and O–H groups in total. The third-order valence-electron chi connectivity index (χ3n) is 1.88. The molecule has 0 spiro atoms. The molecule has 2 heterocycles. The molecule has 4 heteroatoms. The van der Waals surface area contributed by atoms with Crippen molar-refractivity contribution in [1.29, 1.82) is 0 Å². The van der Waals surface area contributed by atoms with Gasteiger partial charge in [-0.05, 0) is 13.8 Å². The summed E-state index contributed by atoms with van der Waals surface area (Å²) in [7, 11) is 0. The second kappa shape index (κ2) is 2.57. The van der Waals surface area contributed by atoms with Crippen molar-refractivity contribution in [3.63, 3.8) is 0 Å². The van der Waals surface area contributed by atoms with Crippen molar-refractivity contribution in [3.05, 3.63) is 23.0 Å². The zero-order chi connectivity index (χ0) is 8.72. The first-order valence-electron chi connectivity index (χ1n) is 3.80. The average Bonchev–Trinajstić information content (AvgIpc) is 2.44. The SMILES string of the molecule is Cc1nc2sccn2c1C(C)O. The van der Waals surface area contributed by atoms with E-state index in [1.165, 1.54) is 0 Å². The number of aliphatic hydroxyl groups excluding tert-OH is 1. The van der Waals surface area contributed by atoms with Gasteiger partial charge in [-0.15, -0.1) is 11.3 Å². The van der Waals surface area contributed by atoms with Crippen molar-refractivity contribution in [1.82, 2.24) is 9.38 Å². The van der Waals surface area contributed by atoms with Crippen LogP contribution in [0.1, 0.15) is 24.4 Å². The summed E-state index contributed by atoms with van der Waals surface area (Å²) in [6.45, 7) is 3.68. The topological polar surface area (TPSA) is 37.5 Å². The minimum Gasteiger partial charge on any atom is -0.387 e. The molecule has 64 valence electrons. The van der Waals surface area contributed by atoms with Crippen LogP contribution in [0.2, 0.25) is 0 Å². The average molecular weight is 182 g/mol. The molecule has 0 aromatic carbocycles. The Kier molecular flexibility index (Phi) is 1.66. The lowest BCUT2D eigenvalue weighted by molar-refractivity contribution is 0.192. The Hall–Kier alpha value is -0.870. The quantitative estimate of drug-likeness (QED) is 0.729. The number of rotatable bonds is 1. The van der Waals surface area contributed by atoms with Crippen LogP contribution in [-0.4, -0.2) is 14.5 Å². The molecule has 0 saturated heterocycles. The van der Waals surface area contributed by atoms with E-state index in [1.54, 1.807) is 18.3 Å². The van der Waals surface area contributed by atoms with Crippen LogP contribution in [-0.2, 0) is 0 Å². The van der Waals surface area contributed by atoms with Gasteiger partial charge in [0.2, 0.25) is 0 Å². The van der Waals surface area contributed by atoms with Crippen LogP contribution >= 0.6 is 11.3 Å². The molecule has 0 saturated carbocycles. The normalized spacial score (nSPS) is 13.9. The molecule has 0 radical (unpaired) electrons. The zero-order valence-corrected chi connectivity index (χ0v) is 7.80. The van der Waals surface area contributed by atoms with E-state index in [0.29, 0.717) is 0 Å². The van der Waals surface area contributed by atoms with Crippen molar-refractivity contribution >= 4 is 16.3 Å². The van der Waals surface area contributed by atoms with E-state index < -0.39 is 6.10 Å². The number of nitrogens with zero attached hydrogens (tertiary/aromatic N) is 2. The Morgan fingerprint density at radius 1 is 1.67 bits per heavy atom. The Morgan fingerprint density at radius 3 is 3.08 bits per heavy atom. The van der Waals surface area contributed by atoms with Gasteiger partial charge in [-0.1, -0.05) is 0 Å². The molecule has 1 atom stereocenters. The summed E-state index contributed by atoms with van der Waals surface area (Å²) in [4.78, 5) is 5.26. The third-order valence-corrected chi connectivity index (χ3v) is 2.64. The molecular weight excluding hydrogens is 172 g/mol. The van der Waals surface area contributed by atoms with Gasteiger partial charge in [-0.25, -0.2) is 4.98 Å². The third kappa shape index (κ3) is 0.956. The van der Waals surface area contributed by atoms with Gasteiger partial charge in [0, 0.05) is 11.6 Å². The number of aromatic nitrogens is 2. The summed E-state index contributed by atoms with van der Waals surface area (Å²) in [6, 6.07) is 0. The molecule has 0 aliphatic carbocycles. The standard InChI is InChI=1S/C8H10N2OS/c1-5-7(6(2)11)10-3-4-12-8(10)9-5/h3-4,6,11H,1-2H3. The highest BCUT2D eigenvalue weighted by molar-refractivity contribution is 7.15. The molecule has 3 nitrogen and oxygen atoms in total. The van der Waals surface area contributed by atoms with Gasteiger partial charge >= 0.3 is 0 Å². The molecule has 12 heavy (non-hydrogen) atoms. The van der Waals surface area contributed by atoms with Crippen LogP contribution in [0, 0.1) is 6.92 Å². The fraction of sp³-hybridized carbons (Fsp3) is 0.375. The molecule has 0 aliphatic heterocycles. The minimum absolute atomic E-state index is 0.449. The van der Waals surface area contributed by atoms with Crippen molar-refractivity contribution in [2.45, 2.75) is 20.0 Å². The molecule has 2 aromatic heterocycles. The second-order valence-electron chi connectivity index (χ2n) is 2.81. The lowest BCUT2D eigenvalue weighted by Gasteiger charge is -2.02. The van der Waals surface area contributed by atoms with Gasteiger partial charge in [0.15, 0.2) is 4.96 Å². The van der Waals surface area contributed by atoms with Crippen LogP contribution in [0.4, 0.5) is 0 Å². The summed E-state index contributed by atoms with van der Waals surface area (Å²) in [6.07, 6.45) is 1.48. The van der Waals surface area contributed by atoms with Crippen LogP contribution < -0.4 is 0 Å². The van der Waals surface area contributed by atoms with Gasteiger partial charge in [0.25, 0.3) is 0 Å². The van der Waals surface area contributed by atoms with Crippen LogP contribution in [0.15, 0.2) is 11.6 Å². The van der Waals surface area contributed by atoms with Gasteiger partial charge in [0.1, 0.15) is 0 Å². The maximum Gasteiger partial charge on any atom is 0.194 e. The first kappa shape index (κ1) is 7.76. The summed E-state index contributed by atoms with van der Waals surface area (Å²) in [5, 5.41) is 11.4. The molecule has 2 aromatic rings. The molecule has 0 amide bonds. The summed E-state index contributed by atoms with van der Waals surface area (Å²) >= 11 is 1.58. The number of thiazole rings is 1. The zero-order valence-electron chi connectivity index (χ0n) is 6.98. The van der Waals surface area contributed by atoms with Crippen molar-refractivity contribution in [2.24, 2.45) is 0 Å². The maximum atomic E-state index is 9.45. The molecule has 0 fully saturated rings. The van der Waals surface area contributed by atoms with E-state index in [4.69, 9.17) is 0 Å². The van der Waals surface area contributed by atoms with Gasteiger partial charge in [-0.2, -0.15) is 0 Å². The Balaban J connectivity index is 2.76. The van der Waals surface area contributed by atoms with Crippen molar-refractivity contribution in [3.8, 4) is 0 Å². The second-order valence-corrected chi connectivity index (χ2v) is 3.69. The minimum atomic E-state index is -0.449. The Morgan fingerprint density at radius 2 is 2.42 bits per heavy atom. The van der Waals surface area contributed by atoms with E-state index in [9.17, 15) is 5.11 Å². The number of hydrogen-bond donors (Lipinski definition) is 1. The Bertz CT molecular complexity index is 402. The lowest BCUT2D eigenvalue weighted by Crippen LogP contribution is -1.97. The highest BCUT2D eigenvalue weighted by atomic mass is 32.1. The number of imidazole rings is 1. The van der Waals surface area contributed by atoms with E-state index >= 15 is 0 Å². The van der Waals surface area contributed by atoms with Crippen LogP contribution in [0.5, 0.6) is 0 Å². The fourth-order valence-corrected chi connectivity index (χ4v) is 2.18. The predicted octanol–water partition coefficient (Wildman–Crippen LogP) is 1.76. The monoisotopic (exact) mass is 182 g/mol. The van der Waals surface area contributed by atoms with E-state index in [-0.39, 0.29) is 0 Å². The summed E-state index contributed by atoms with van der Waals surface area (Å²) < 4.78 is 1.94. The number of hydrogen-bond acceptors (Lipinski definition) is 3. The van der Waals surface area contributed by atoms with Crippen molar-refractivity contribution in [2.75, 3.05) is 0 Å². The van der Waals surface area contributed by atoms with Gasteiger partial charge < -0.3 is 5.11 Å². The van der Waals surface area contributed by atoms with Gasteiger partial charge in [-0.3, -0.25) is 4.40 Å². The summed E-state index contributed by atoms with van der Waals surface area (Å²) in [5.74, 6) is 0. The molecule has 0 aliphatic rings. The van der Waals surface area contributed by atoms with E-state index in [1.807, 2.05) is 22.9 Å². The number of aliphatic hydroxyl groups is 1.